The van der Waals surface area contributed by atoms with Gasteiger partial charge in [0, 0.05) is 17.6 Å². The zero-order valence-corrected chi connectivity index (χ0v) is 12.4. The van der Waals surface area contributed by atoms with Crippen molar-refractivity contribution in [1.82, 2.24) is 25.2 Å². The Labute approximate surface area is 132 Å². The van der Waals surface area contributed by atoms with Gasteiger partial charge in [0.05, 0.1) is 12.8 Å². The third kappa shape index (κ3) is 2.40. The molecule has 0 fully saturated rings. The molecule has 6 nitrogen and oxygen atoms in total. The van der Waals surface area contributed by atoms with Crippen LogP contribution in [-0.2, 0) is 0 Å². The highest BCUT2D eigenvalue weighted by Gasteiger charge is 2.11. The third-order valence-corrected chi connectivity index (χ3v) is 3.57. The van der Waals surface area contributed by atoms with Gasteiger partial charge >= 0.3 is 0 Å². The Balaban J connectivity index is 1.82. The first kappa shape index (κ1) is 13.4. The SMILES string of the molecule is COc1cc(-n2nnc(-c3ccccn3)n2)cc2ccccc12. The smallest absolute Gasteiger partial charge is 0.223 e. The molecule has 0 radical (unpaired) electrons. The summed E-state index contributed by atoms with van der Waals surface area (Å²) in [6.45, 7) is 0. The molecule has 6 heteroatoms. The Hall–Kier alpha value is -3.28. The molecule has 2 heterocycles. The highest BCUT2D eigenvalue weighted by molar-refractivity contribution is 5.90. The maximum Gasteiger partial charge on any atom is 0.223 e. The van der Waals surface area contributed by atoms with Crippen LogP contribution in [0, 0.1) is 0 Å². The summed E-state index contributed by atoms with van der Waals surface area (Å²) in [7, 11) is 1.65. The molecule has 0 aliphatic heterocycles. The molecule has 0 atom stereocenters. The number of hydrogen-bond donors (Lipinski definition) is 0. The highest BCUT2D eigenvalue weighted by atomic mass is 16.5. The number of nitrogens with zero attached hydrogens (tertiary/aromatic N) is 5. The van der Waals surface area contributed by atoms with E-state index in [1.165, 1.54) is 4.80 Å². The van der Waals surface area contributed by atoms with Gasteiger partial charge < -0.3 is 4.74 Å². The van der Waals surface area contributed by atoms with E-state index in [0.29, 0.717) is 11.5 Å². The van der Waals surface area contributed by atoms with Gasteiger partial charge in [-0.05, 0) is 28.8 Å². The minimum Gasteiger partial charge on any atom is -0.496 e. The van der Waals surface area contributed by atoms with Gasteiger partial charge in [0.2, 0.25) is 5.82 Å². The Morgan fingerprint density at radius 2 is 1.87 bits per heavy atom. The molecule has 0 saturated carbocycles. The van der Waals surface area contributed by atoms with Crippen LogP contribution >= 0.6 is 0 Å². The molecule has 0 saturated heterocycles. The summed E-state index contributed by atoms with van der Waals surface area (Å²) < 4.78 is 5.48. The van der Waals surface area contributed by atoms with Crippen molar-refractivity contribution in [3.05, 3.63) is 60.8 Å². The van der Waals surface area contributed by atoms with Crippen molar-refractivity contribution in [1.29, 1.82) is 0 Å². The molecule has 0 aliphatic rings. The summed E-state index contributed by atoms with van der Waals surface area (Å²) in [5.41, 5.74) is 1.47. The second kappa shape index (κ2) is 5.49. The van der Waals surface area contributed by atoms with E-state index in [9.17, 15) is 0 Å². The van der Waals surface area contributed by atoms with Crippen molar-refractivity contribution in [3.63, 3.8) is 0 Å². The normalized spacial score (nSPS) is 10.8. The lowest BCUT2D eigenvalue weighted by molar-refractivity contribution is 0.419. The molecule has 2 aromatic carbocycles. The average Bonchev–Trinajstić information content (AvgIpc) is 3.11. The van der Waals surface area contributed by atoms with Gasteiger partial charge in [0.15, 0.2) is 0 Å². The molecule has 112 valence electrons. The Morgan fingerprint density at radius 1 is 1.00 bits per heavy atom. The number of pyridine rings is 1. The molecule has 0 aliphatic carbocycles. The van der Waals surface area contributed by atoms with E-state index in [-0.39, 0.29) is 0 Å². The van der Waals surface area contributed by atoms with Gasteiger partial charge in [0.25, 0.3) is 0 Å². The first-order valence-corrected chi connectivity index (χ1v) is 7.14. The molecule has 23 heavy (non-hydrogen) atoms. The zero-order valence-electron chi connectivity index (χ0n) is 12.4. The van der Waals surface area contributed by atoms with Crippen molar-refractivity contribution in [2.24, 2.45) is 0 Å². The number of methoxy groups -OCH3 is 1. The van der Waals surface area contributed by atoms with E-state index >= 15 is 0 Å². The molecule has 0 unspecified atom stereocenters. The van der Waals surface area contributed by atoms with Crippen LogP contribution in [0.1, 0.15) is 0 Å². The number of ether oxygens (including phenoxy) is 1. The van der Waals surface area contributed by atoms with E-state index in [1.54, 1.807) is 13.3 Å². The highest BCUT2D eigenvalue weighted by Crippen LogP contribution is 2.28. The molecule has 0 amide bonds. The van der Waals surface area contributed by atoms with Gasteiger partial charge in [-0.15, -0.1) is 15.0 Å². The van der Waals surface area contributed by atoms with Crippen LogP contribution < -0.4 is 4.74 Å². The molecule has 0 bridgehead atoms. The summed E-state index contributed by atoms with van der Waals surface area (Å²) in [6.07, 6.45) is 1.70. The first-order chi connectivity index (χ1) is 11.3. The van der Waals surface area contributed by atoms with Crippen LogP contribution in [0.15, 0.2) is 60.8 Å². The summed E-state index contributed by atoms with van der Waals surface area (Å²) in [6, 6.07) is 17.5. The van der Waals surface area contributed by atoms with Crippen LogP contribution in [0.25, 0.3) is 28.0 Å². The number of aromatic nitrogens is 5. The molecule has 4 rings (SSSR count). The fraction of sp³-hybridized carbons (Fsp3) is 0.0588. The maximum absolute atomic E-state index is 5.48. The van der Waals surface area contributed by atoms with Crippen LogP contribution in [0.3, 0.4) is 0 Å². The van der Waals surface area contributed by atoms with Crippen LogP contribution in [0.4, 0.5) is 0 Å². The van der Waals surface area contributed by atoms with Crippen molar-refractivity contribution in [2.75, 3.05) is 7.11 Å². The number of hydrogen-bond acceptors (Lipinski definition) is 5. The summed E-state index contributed by atoms with van der Waals surface area (Å²) in [5.74, 6) is 1.26. The summed E-state index contributed by atoms with van der Waals surface area (Å²) in [5, 5.41) is 14.7. The largest absolute Gasteiger partial charge is 0.496 e. The fourth-order valence-electron chi connectivity index (χ4n) is 2.47. The standard InChI is InChI=1S/C17H13N5O/c1-23-16-11-13(10-12-6-2-3-7-14(12)16)22-20-17(19-21-22)15-8-4-5-9-18-15/h2-11H,1H3. The minimum atomic E-state index is 0.484. The van der Waals surface area contributed by atoms with Gasteiger partial charge in [-0.1, -0.05) is 30.3 Å². The molecular weight excluding hydrogens is 290 g/mol. The van der Waals surface area contributed by atoms with Gasteiger partial charge in [0.1, 0.15) is 11.4 Å². The van der Waals surface area contributed by atoms with Gasteiger partial charge in [-0.25, -0.2) is 0 Å². The van der Waals surface area contributed by atoms with Crippen LogP contribution in [0.5, 0.6) is 5.75 Å². The van der Waals surface area contributed by atoms with Gasteiger partial charge in [-0.3, -0.25) is 4.98 Å². The van der Waals surface area contributed by atoms with E-state index in [2.05, 4.69) is 20.4 Å². The van der Waals surface area contributed by atoms with Crippen LogP contribution in [-0.4, -0.2) is 32.3 Å². The number of benzene rings is 2. The molecule has 4 aromatic rings. The average molecular weight is 303 g/mol. The second-order valence-electron chi connectivity index (χ2n) is 4.99. The summed E-state index contributed by atoms with van der Waals surface area (Å²) in [4.78, 5) is 5.72. The predicted molar refractivity (Wildman–Crippen MR) is 86.4 cm³/mol. The molecular formula is C17H13N5O. The van der Waals surface area contributed by atoms with Crippen molar-refractivity contribution in [3.8, 4) is 23.0 Å². The Bertz CT molecular complexity index is 965. The Morgan fingerprint density at radius 3 is 2.70 bits per heavy atom. The second-order valence-corrected chi connectivity index (χ2v) is 4.99. The number of tetrazole rings is 1. The van der Waals surface area contributed by atoms with Crippen molar-refractivity contribution < 1.29 is 4.74 Å². The van der Waals surface area contributed by atoms with Crippen LogP contribution in [0.2, 0.25) is 0 Å². The lowest BCUT2D eigenvalue weighted by atomic mass is 10.1. The minimum absolute atomic E-state index is 0.484. The molecule has 2 aromatic heterocycles. The maximum atomic E-state index is 5.48. The Kier molecular flexibility index (Phi) is 3.20. The molecule has 0 N–H and O–H groups in total. The number of fused-ring (bicyclic) bond motifs is 1. The lowest BCUT2D eigenvalue weighted by Gasteiger charge is -2.08. The van der Waals surface area contributed by atoms with E-state index in [4.69, 9.17) is 4.74 Å². The molecule has 0 spiro atoms. The quantitative estimate of drug-likeness (QED) is 0.582. The predicted octanol–water partition coefficient (Wildman–Crippen LogP) is 2.89. The van der Waals surface area contributed by atoms with E-state index in [0.717, 1.165) is 22.2 Å². The lowest BCUT2D eigenvalue weighted by Crippen LogP contribution is -2.00. The summed E-state index contributed by atoms with van der Waals surface area (Å²) >= 11 is 0. The van der Waals surface area contributed by atoms with Gasteiger partial charge in [-0.2, -0.15) is 0 Å². The van der Waals surface area contributed by atoms with Crippen molar-refractivity contribution >= 4 is 10.8 Å². The van der Waals surface area contributed by atoms with Crippen molar-refractivity contribution in [2.45, 2.75) is 0 Å². The number of rotatable bonds is 3. The topological polar surface area (TPSA) is 65.7 Å². The van der Waals surface area contributed by atoms with E-state index in [1.807, 2.05) is 54.6 Å². The monoisotopic (exact) mass is 303 g/mol. The zero-order chi connectivity index (χ0) is 15.6. The van der Waals surface area contributed by atoms with E-state index < -0.39 is 0 Å². The fourth-order valence-corrected chi connectivity index (χ4v) is 2.47. The third-order valence-electron chi connectivity index (χ3n) is 3.57. The first-order valence-electron chi connectivity index (χ1n) is 7.14.